The van der Waals surface area contributed by atoms with Crippen molar-refractivity contribution < 1.29 is 19.4 Å². The lowest BCUT2D eigenvalue weighted by atomic mass is 10.1. The highest BCUT2D eigenvalue weighted by Gasteiger charge is 2.15. The molecule has 0 radical (unpaired) electrons. The van der Waals surface area contributed by atoms with Gasteiger partial charge in [-0.05, 0) is 44.7 Å². The Balaban J connectivity index is 2.37. The number of alkyl carbamates (subject to hydrolysis) is 1. The smallest absolute Gasteiger partial charge is 0.407 e. The number of hydrogen-bond acceptors (Lipinski definition) is 3. The van der Waals surface area contributed by atoms with E-state index in [0.29, 0.717) is 13.0 Å². The van der Waals surface area contributed by atoms with Gasteiger partial charge in [0.1, 0.15) is 5.60 Å². The number of aryl methyl sites for hydroxylation is 1. The molecule has 116 valence electrons. The maximum atomic E-state index is 11.5. The van der Waals surface area contributed by atoms with E-state index in [0.717, 1.165) is 17.5 Å². The Hall–Kier alpha value is -2.04. The van der Waals surface area contributed by atoms with E-state index in [9.17, 15) is 9.59 Å². The standard InChI is InChI=1S/C16H23NO4/c1-16(2,3)21-15(20)17-11-13-9-7-12(8-10-13)5-4-6-14(18)19/h7-10H,4-6,11H2,1-3H3,(H,17,20)(H,18,19). The van der Waals surface area contributed by atoms with E-state index < -0.39 is 17.7 Å². The first-order valence-corrected chi connectivity index (χ1v) is 7.03. The number of benzene rings is 1. The monoisotopic (exact) mass is 293 g/mol. The van der Waals surface area contributed by atoms with E-state index in [1.54, 1.807) is 0 Å². The Morgan fingerprint density at radius 2 is 1.71 bits per heavy atom. The van der Waals surface area contributed by atoms with Crippen LogP contribution in [0.4, 0.5) is 4.79 Å². The summed E-state index contributed by atoms with van der Waals surface area (Å²) in [7, 11) is 0. The molecule has 1 amide bonds. The Bertz CT molecular complexity index is 474. The van der Waals surface area contributed by atoms with Crippen LogP contribution in [0.3, 0.4) is 0 Å². The number of nitrogens with one attached hydrogen (secondary N) is 1. The highest BCUT2D eigenvalue weighted by molar-refractivity contribution is 5.67. The second-order valence-corrected chi connectivity index (χ2v) is 5.92. The van der Waals surface area contributed by atoms with Crippen LogP contribution in [0.2, 0.25) is 0 Å². The predicted molar refractivity (Wildman–Crippen MR) is 80.1 cm³/mol. The average molecular weight is 293 g/mol. The highest BCUT2D eigenvalue weighted by atomic mass is 16.6. The Kier molecular flexibility index (Phi) is 6.21. The molecule has 1 rings (SSSR count). The minimum Gasteiger partial charge on any atom is -0.481 e. The van der Waals surface area contributed by atoms with E-state index in [1.807, 2.05) is 45.0 Å². The van der Waals surface area contributed by atoms with Crippen LogP contribution in [0, 0.1) is 0 Å². The third kappa shape index (κ3) is 7.97. The predicted octanol–water partition coefficient (Wildman–Crippen LogP) is 3.12. The van der Waals surface area contributed by atoms with Crippen LogP contribution < -0.4 is 5.32 Å². The molecule has 0 aliphatic rings. The summed E-state index contributed by atoms with van der Waals surface area (Å²) in [5.41, 5.74) is 1.57. The number of amides is 1. The maximum Gasteiger partial charge on any atom is 0.407 e. The van der Waals surface area contributed by atoms with Gasteiger partial charge in [0.15, 0.2) is 0 Å². The van der Waals surface area contributed by atoms with Gasteiger partial charge in [0.05, 0.1) is 0 Å². The summed E-state index contributed by atoms with van der Waals surface area (Å²) in [6, 6.07) is 7.75. The summed E-state index contributed by atoms with van der Waals surface area (Å²) in [5.74, 6) is -0.770. The summed E-state index contributed by atoms with van der Waals surface area (Å²) >= 11 is 0. The van der Waals surface area contributed by atoms with Crippen LogP contribution in [0.15, 0.2) is 24.3 Å². The molecular weight excluding hydrogens is 270 g/mol. The van der Waals surface area contributed by atoms with E-state index in [-0.39, 0.29) is 6.42 Å². The van der Waals surface area contributed by atoms with Crippen molar-refractivity contribution in [3.8, 4) is 0 Å². The van der Waals surface area contributed by atoms with Gasteiger partial charge in [0, 0.05) is 13.0 Å². The molecule has 1 aromatic carbocycles. The van der Waals surface area contributed by atoms with Crippen LogP contribution >= 0.6 is 0 Å². The molecule has 0 unspecified atom stereocenters. The Morgan fingerprint density at radius 1 is 1.14 bits per heavy atom. The van der Waals surface area contributed by atoms with Gasteiger partial charge >= 0.3 is 12.1 Å². The van der Waals surface area contributed by atoms with Crippen molar-refractivity contribution in [3.05, 3.63) is 35.4 Å². The van der Waals surface area contributed by atoms with Gasteiger partial charge in [0.25, 0.3) is 0 Å². The normalized spacial score (nSPS) is 11.0. The number of carboxylic acids is 1. The lowest BCUT2D eigenvalue weighted by Gasteiger charge is -2.19. The fourth-order valence-electron chi connectivity index (χ4n) is 1.76. The number of carbonyl (C=O) groups is 2. The fourth-order valence-corrected chi connectivity index (χ4v) is 1.76. The van der Waals surface area contributed by atoms with E-state index in [4.69, 9.17) is 9.84 Å². The van der Waals surface area contributed by atoms with Crippen molar-refractivity contribution in [2.24, 2.45) is 0 Å². The zero-order valence-electron chi connectivity index (χ0n) is 12.8. The molecule has 0 saturated carbocycles. The molecule has 0 aliphatic heterocycles. The molecule has 0 fully saturated rings. The maximum absolute atomic E-state index is 11.5. The third-order valence-electron chi connectivity index (χ3n) is 2.71. The molecule has 0 saturated heterocycles. The van der Waals surface area contributed by atoms with Crippen molar-refractivity contribution in [2.75, 3.05) is 0 Å². The zero-order valence-corrected chi connectivity index (χ0v) is 12.8. The van der Waals surface area contributed by atoms with Gasteiger partial charge in [-0.1, -0.05) is 24.3 Å². The summed E-state index contributed by atoms with van der Waals surface area (Å²) < 4.78 is 5.15. The molecule has 0 bridgehead atoms. The average Bonchev–Trinajstić information content (AvgIpc) is 2.35. The van der Waals surface area contributed by atoms with Gasteiger partial charge in [-0.25, -0.2) is 4.79 Å². The van der Waals surface area contributed by atoms with Crippen molar-refractivity contribution in [1.82, 2.24) is 5.32 Å². The second kappa shape index (κ2) is 7.67. The third-order valence-corrected chi connectivity index (χ3v) is 2.71. The molecule has 0 atom stereocenters. The van der Waals surface area contributed by atoms with E-state index >= 15 is 0 Å². The first-order valence-electron chi connectivity index (χ1n) is 7.03. The van der Waals surface area contributed by atoms with Crippen molar-refractivity contribution in [3.63, 3.8) is 0 Å². The van der Waals surface area contributed by atoms with Gasteiger partial charge in [-0.2, -0.15) is 0 Å². The largest absolute Gasteiger partial charge is 0.481 e. The molecule has 2 N–H and O–H groups in total. The number of ether oxygens (including phenoxy) is 1. The van der Waals surface area contributed by atoms with Crippen LogP contribution in [-0.2, 0) is 22.5 Å². The first kappa shape index (κ1) is 17.0. The molecule has 0 spiro atoms. The Labute approximate surface area is 125 Å². The van der Waals surface area contributed by atoms with Crippen molar-refractivity contribution >= 4 is 12.1 Å². The SMILES string of the molecule is CC(C)(C)OC(=O)NCc1ccc(CCCC(=O)O)cc1. The van der Waals surface area contributed by atoms with Crippen LogP contribution in [0.25, 0.3) is 0 Å². The quantitative estimate of drug-likeness (QED) is 0.845. The summed E-state index contributed by atoms with van der Waals surface area (Å²) in [6.45, 7) is 5.86. The number of carboxylic acid groups (broad SMARTS) is 1. The summed E-state index contributed by atoms with van der Waals surface area (Å²) in [5, 5.41) is 11.3. The molecule has 21 heavy (non-hydrogen) atoms. The van der Waals surface area contributed by atoms with E-state index in [1.165, 1.54) is 0 Å². The summed E-state index contributed by atoms with van der Waals surface area (Å²) in [6.07, 6.45) is 1.12. The van der Waals surface area contributed by atoms with Gasteiger partial charge in [-0.3, -0.25) is 4.79 Å². The number of carbonyl (C=O) groups excluding carboxylic acids is 1. The number of rotatable bonds is 6. The van der Waals surface area contributed by atoms with Crippen molar-refractivity contribution in [1.29, 1.82) is 0 Å². The van der Waals surface area contributed by atoms with Crippen molar-refractivity contribution in [2.45, 2.75) is 52.2 Å². The van der Waals surface area contributed by atoms with Gasteiger partial charge in [-0.15, -0.1) is 0 Å². The lowest BCUT2D eigenvalue weighted by molar-refractivity contribution is -0.137. The van der Waals surface area contributed by atoms with E-state index in [2.05, 4.69) is 5.32 Å². The fraction of sp³-hybridized carbons (Fsp3) is 0.500. The second-order valence-electron chi connectivity index (χ2n) is 5.92. The molecule has 5 heteroatoms. The lowest BCUT2D eigenvalue weighted by Crippen LogP contribution is -2.32. The highest BCUT2D eigenvalue weighted by Crippen LogP contribution is 2.09. The van der Waals surface area contributed by atoms with Gasteiger partial charge < -0.3 is 15.2 Å². The number of hydrogen-bond donors (Lipinski definition) is 2. The van der Waals surface area contributed by atoms with Crippen LogP contribution in [0.1, 0.15) is 44.7 Å². The molecule has 1 aromatic rings. The summed E-state index contributed by atoms with van der Waals surface area (Å²) in [4.78, 5) is 22.0. The topological polar surface area (TPSA) is 75.6 Å². The minimum absolute atomic E-state index is 0.182. The molecule has 5 nitrogen and oxygen atoms in total. The van der Waals surface area contributed by atoms with Gasteiger partial charge in [0.2, 0.25) is 0 Å². The van der Waals surface area contributed by atoms with Crippen LogP contribution in [0.5, 0.6) is 0 Å². The number of aliphatic carboxylic acids is 1. The molecule has 0 heterocycles. The minimum atomic E-state index is -0.770. The Morgan fingerprint density at radius 3 is 2.24 bits per heavy atom. The molecular formula is C16H23NO4. The molecule has 0 aliphatic carbocycles. The first-order chi connectivity index (χ1) is 9.76. The molecule has 0 aromatic heterocycles. The zero-order chi connectivity index (χ0) is 15.9. The van der Waals surface area contributed by atoms with Crippen LogP contribution in [-0.4, -0.2) is 22.8 Å².